The van der Waals surface area contributed by atoms with Crippen LogP contribution in [0.1, 0.15) is 22.8 Å². The minimum atomic E-state index is -0.0247. The highest BCUT2D eigenvalue weighted by Gasteiger charge is 2.24. The second-order valence-corrected chi connectivity index (χ2v) is 5.15. The Hall–Kier alpha value is -2.24. The van der Waals surface area contributed by atoms with E-state index in [1.165, 1.54) is 0 Å². The van der Waals surface area contributed by atoms with Crippen LogP contribution in [-0.4, -0.2) is 62.5 Å². The van der Waals surface area contributed by atoms with Crippen LogP contribution in [0.3, 0.4) is 0 Å². The van der Waals surface area contributed by atoms with Crippen LogP contribution in [0.25, 0.3) is 0 Å². The number of nitrogens with zero attached hydrogens (tertiary/aromatic N) is 2. The molecule has 2 rings (SSSR count). The molecule has 0 aromatic heterocycles. The second kappa shape index (κ2) is 7.15. The molecule has 0 atom stereocenters. The molecule has 2 amide bonds. The van der Waals surface area contributed by atoms with Gasteiger partial charge in [0.15, 0.2) is 11.5 Å². The topological polar surface area (TPSA) is 59.1 Å². The predicted molar refractivity (Wildman–Crippen MR) is 82.5 cm³/mol. The van der Waals surface area contributed by atoms with Crippen molar-refractivity contribution in [2.45, 2.75) is 13.3 Å². The van der Waals surface area contributed by atoms with Gasteiger partial charge in [-0.2, -0.15) is 0 Å². The summed E-state index contributed by atoms with van der Waals surface area (Å²) in [6, 6.07) is 3.60. The van der Waals surface area contributed by atoms with Crippen molar-refractivity contribution >= 4 is 12.3 Å². The maximum atomic E-state index is 12.8. The number of aryl methyl sites for hydroxylation is 1. The Morgan fingerprint density at radius 1 is 1.14 bits per heavy atom. The number of benzene rings is 1. The van der Waals surface area contributed by atoms with Gasteiger partial charge in [-0.25, -0.2) is 0 Å². The van der Waals surface area contributed by atoms with Crippen molar-refractivity contribution in [1.29, 1.82) is 0 Å². The molecule has 1 aromatic carbocycles. The third-order valence-corrected chi connectivity index (χ3v) is 3.97. The zero-order chi connectivity index (χ0) is 16.1. The second-order valence-electron chi connectivity index (χ2n) is 5.15. The fraction of sp³-hybridized carbons (Fsp3) is 0.500. The van der Waals surface area contributed by atoms with Gasteiger partial charge < -0.3 is 19.3 Å². The van der Waals surface area contributed by atoms with Crippen LogP contribution in [0.15, 0.2) is 12.1 Å². The molecule has 0 radical (unpaired) electrons. The number of piperazine rings is 1. The van der Waals surface area contributed by atoms with Gasteiger partial charge in [-0.05, 0) is 24.1 Å². The minimum absolute atomic E-state index is 0.0247. The van der Waals surface area contributed by atoms with E-state index in [4.69, 9.17) is 9.47 Å². The molecular formula is C16H22N2O4. The van der Waals surface area contributed by atoms with Crippen LogP contribution in [-0.2, 0) is 11.2 Å². The number of carbonyl (C=O) groups excluding carboxylic acids is 2. The first-order chi connectivity index (χ1) is 10.6. The molecule has 0 aliphatic carbocycles. The lowest BCUT2D eigenvalue weighted by molar-refractivity contribution is -0.119. The van der Waals surface area contributed by atoms with Gasteiger partial charge in [-0.15, -0.1) is 0 Å². The Morgan fingerprint density at radius 3 is 2.23 bits per heavy atom. The fourth-order valence-corrected chi connectivity index (χ4v) is 2.61. The lowest BCUT2D eigenvalue weighted by Crippen LogP contribution is -2.48. The first-order valence-electron chi connectivity index (χ1n) is 7.38. The molecule has 0 unspecified atom stereocenters. The summed E-state index contributed by atoms with van der Waals surface area (Å²) in [5, 5.41) is 0. The number of rotatable bonds is 5. The molecule has 22 heavy (non-hydrogen) atoms. The summed E-state index contributed by atoms with van der Waals surface area (Å²) in [6.45, 7) is 4.25. The SMILES string of the molecule is CCc1cc(OC)c(OC)cc1C(=O)N1CCN(C=O)CC1. The van der Waals surface area contributed by atoms with Crippen LogP contribution >= 0.6 is 0 Å². The van der Waals surface area contributed by atoms with E-state index in [0.29, 0.717) is 43.2 Å². The number of methoxy groups -OCH3 is 2. The summed E-state index contributed by atoms with van der Waals surface area (Å²) in [7, 11) is 3.14. The van der Waals surface area contributed by atoms with Crippen LogP contribution in [0.4, 0.5) is 0 Å². The van der Waals surface area contributed by atoms with E-state index in [9.17, 15) is 9.59 Å². The summed E-state index contributed by atoms with van der Waals surface area (Å²) in [5.41, 5.74) is 1.57. The van der Waals surface area contributed by atoms with Gasteiger partial charge in [0.2, 0.25) is 6.41 Å². The number of ether oxygens (including phenoxy) is 2. The standard InChI is InChI=1S/C16H22N2O4/c1-4-12-9-14(21-2)15(22-3)10-13(12)16(20)18-7-5-17(11-19)6-8-18/h9-11H,4-8H2,1-3H3. The molecule has 1 fully saturated rings. The number of hydrogen-bond donors (Lipinski definition) is 0. The normalized spacial score (nSPS) is 14.7. The average Bonchev–Trinajstić information content (AvgIpc) is 2.59. The molecule has 1 heterocycles. The minimum Gasteiger partial charge on any atom is -0.493 e. The van der Waals surface area contributed by atoms with Crippen molar-refractivity contribution < 1.29 is 19.1 Å². The summed E-state index contributed by atoms with van der Waals surface area (Å²) in [5.74, 6) is 1.15. The molecular weight excluding hydrogens is 284 g/mol. The highest BCUT2D eigenvalue weighted by Crippen LogP contribution is 2.31. The first-order valence-corrected chi connectivity index (χ1v) is 7.38. The highest BCUT2D eigenvalue weighted by molar-refractivity contribution is 5.96. The summed E-state index contributed by atoms with van der Waals surface area (Å²) in [4.78, 5) is 27.0. The Bertz CT molecular complexity index is 551. The number of carbonyl (C=O) groups is 2. The van der Waals surface area contributed by atoms with E-state index in [1.54, 1.807) is 30.1 Å². The van der Waals surface area contributed by atoms with E-state index in [-0.39, 0.29) is 5.91 Å². The van der Waals surface area contributed by atoms with E-state index in [1.807, 2.05) is 13.0 Å². The monoisotopic (exact) mass is 306 g/mol. The molecule has 1 aliphatic heterocycles. The maximum absolute atomic E-state index is 12.8. The molecule has 1 aromatic rings. The predicted octanol–water partition coefficient (Wildman–Crippen LogP) is 1.18. The fourth-order valence-electron chi connectivity index (χ4n) is 2.61. The smallest absolute Gasteiger partial charge is 0.254 e. The molecule has 0 N–H and O–H groups in total. The van der Waals surface area contributed by atoms with Crippen molar-refractivity contribution in [3.05, 3.63) is 23.3 Å². The van der Waals surface area contributed by atoms with E-state index >= 15 is 0 Å². The molecule has 6 nitrogen and oxygen atoms in total. The van der Waals surface area contributed by atoms with Crippen LogP contribution < -0.4 is 9.47 Å². The zero-order valence-corrected chi connectivity index (χ0v) is 13.3. The summed E-state index contributed by atoms with van der Waals surface area (Å²) < 4.78 is 10.6. The van der Waals surface area contributed by atoms with Gasteiger partial charge in [0, 0.05) is 31.7 Å². The van der Waals surface area contributed by atoms with Crippen LogP contribution in [0.5, 0.6) is 11.5 Å². The van der Waals surface area contributed by atoms with Crippen LogP contribution in [0, 0.1) is 0 Å². The lowest BCUT2D eigenvalue weighted by Gasteiger charge is -2.33. The Morgan fingerprint density at radius 2 is 1.73 bits per heavy atom. The quantitative estimate of drug-likeness (QED) is 0.767. The van der Waals surface area contributed by atoms with Crippen molar-refractivity contribution in [2.24, 2.45) is 0 Å². The third kappa shape index (κ3) is 3.16. The Balaban J connectivity index is 2.27. The average molecular weight is 306 g/mol. The van der Waals surface area contributed by atoms with E-state index in [2.05, 4.69) is 0 Å². The molecule has 1 saturated heterocycles. The molecule has 120 valence electrons. The third-order valence-electron chi connectivity index (χ3n) is 3.97. The van der Waals surface area contributed by atoms with Crippen LogP contribution in [0.2, 0.25) is 0 Å². The molecule has 1 aliphatic rings. The van der Waals surface area contributed by atoms with Gasteiger partial charge in [0.25, 0.3) is 5.91 Å². The van der Waals surface area contributed by atoms with Gasteiger partial charge in [0.1, 0.15) is 0 Å². The largest absolute Gasteiger partial charge is 0.493 e. The van der Waals surface area contributed by atoms with E-state index < -0.39 is 0 Å². The molecule has 0 saturated carbocycles. The number of amides is 2. The van der Waals surface area contributed by atoms with Crippen molar-refractivity contribution in [3.8, 4) is 11.5 Å². The van der Waals surface area contributed by atoms with Crippen molar-refractivity contribution in [2.75, 3.05) is 40.4 Å². The number of hydrogen-bond acceptors (Lipinski definition) is 4. The lowest BCUT2D eigenvalue weighted by atomic mass is 10.0. The highest BCUT2D eigenvalue weighted by atomic mass is 16.5. The van der Waals surface area contributed by atoms with Gasteiger partial charge in [0.05, 0.1) is 14.2 Å². The van der Waals surface area contributed by atoms with Gasteiger partial charge in [-0.1, -0.05) is 6.92 Å². The summed E-state index contributed by atoms with van der Waals surface area (Å²) >= 11 is 0. The maximum Gasteiger partial charge on any atom is 0.254 e. The zero-order valence-electron chi connectivity index (χ0n) is 13.3. The van der Waals surface area contributed by atoms with Crippen molar-refractivity contribution in [3.63, 3.8) is 0 Å². The Labute approximate surface area is 130 Å². The first kappa shape index (κ1) is 16.1. The molecule has 6 heteroatoms. The van der Waals surface area contributed by atoms with Gasteiger partial charge in [-0.3, -0.25) is 9.59 Å². The van der Waals surface area contributed by atoms with Crippen molar-refractivity contribution in [1.82, 2.24) is 9.80 Å². The molecule has 0 spiro atoms. The van der Waals surface area contributed by atoms with Gasteiger partial charge >= 0.3 is 0 Å². The summed E-state index contributed by atoms with van der Waals surface area (Å²) in [6.07, 6.45) is 1.56. The van der Waals surface area contributed by atoms with E-state index in [0.717, 1.165) is 18.4 Å². The Kier molecular flexibility index (Phi) is 5.25. The molecule has 0 bridgehead atoms.